The third-order valence-corrected chi connectivity index (χ3v) is 2.65. The van der Waals surface area contributed by atoms with Crippen molar-refractivity contribution >= 4 is 5.95 Å². The number of aromatic nitrogens is 2. The van der Waals surface area contributed by atoms with E-state index in [1.54, 1.807) is 6.20 Å². The molecule has 0 bridgehead atoms. The molecule has 0 radical (unpaired) electrons. The monoisotopic (exact) mass is 246 g/mol. The molecule has 94 valence electrons. The van der Waals surface area contributed by atoms with Crippen molar-refractivity contribution in [3.63, 3.8) is 0 Å². The summed E-state index contributed by atoms with van der Waals surface area (Å²) in [6, 6.07) is -1.66. The van der Waals surface area contributed by atoms with Gasteiger partial charge in [-0.2, -0.15) is 13.2 Å². The molecular formula is C10H13F3N4. The Morgan fingerprint density at radius 3 is 2.94 bits per heavy atom. The van der Waals surface area contributed by atoms with Crippen LogP contribution in [0.25, 0.3) is 0 Å². The van der Waals surface area contributed by atoms with Crippen LogP contribution in [0.3, 0.4) is 0 Å². The minimum Gasteiger partial charge on any atom is -0.343 e. The lowest BCUT2D eigenvalue weighted by atomic mass is 10.1. The summed E-state index contributed by atoms with van der Waals surface area (Å²) in [5.74, 6) is 0.0253. The molecule has 4 nitrogen and oxygen atoms in total. The summed E-state index contributed by atoms with van der Waals surface area (Å²) in [6.45, 7) is 2.47. The van der Waals surface area contributed by atoms with E-state index in [0.29, 0.717) is 6.54 Å². The van der Waals surface area contributed by atoms with E-state index in [4.69, 9.17) is 0 Å². The Bertz CT molecular complexity index is 405. The fourth-order valence-corrected chi connectivity index (χ4v) is 1.58. The van der Waals surface area contributed by atoms with Gasteiger partial charge in [0.15, 0.2) is 0 Å². The molecule has 17 heavy (non-hydrogen) atoms. The highest BCUT2D eigenvalue weighted by molar-refractivity contribution is 5.32. The van der Waals surface area contributed by atoms with Crippen LogP contribution < -0.4 is 10.6 Å². The van der Waals surface area contributed by atoms with E-state index in [2.05, 4.69) is 20.6 Å². The number of nitrogens with one attached hydrogen (secondary N) is 2. The zero-order chi connectivity index (χ0) is 12.5. The van der Waals surface area contributed by atoms with Gasteiger partial charge in [0.05, 0.1) is 5.69 Å². The Kier molecular flexibility index (Phi) is 3.19. The van der Waals surface area contributed by atoms with Crippen LogP contribution in [-0.2, 0) is 13.0 Å². The van der Waals surface area contributed by atoms with Crippen molar-refractivity contribution in [1.29, 1.82) is 0 Å². The molecule has 0 aromatic carbocycles. The average Bonchev–Trinajstić information content (AvgIpc) is 2.27. The van der Waals surface area contributed by atoms with Gasteiger partial charge >= 0.3 is 6.18 Å². The molecule has 7 heteroatoms. The zero-order valence-electron chi connectivity index (χ0n) is 9.30. The Morgan fingerprint density at radius 1 is 1.47 bits per heavy atom. The molecule has 1 aliphatic rings. The Labute approximate surface area is 96.7 Å². The number of hydrogen-bond acceptors (Lipinski definition) is 4. The van der Waals surface area contributed by atoms with Crippen molar-refractivity contribution in [3.05, 3.63) is 17.5 Å². The van der Waals surface area contributed by atoms with E-state index in [9.17, 15) is 13.2 Å². The van der Waals surface area contributed by atoms with E-state index in [-0.39, 0.29) is 5.95 Å². The fourth-order valence-electron chi connectivity index (χ4n) is 1.58. The number of fused-ring (bicyclic) bond motifs is 1. The molecule has 1 aliphatic heterocycles. The standard InChI is InChI=1S/C10H13F3N4/c1-6(10(11,12)13)16-9-15-4-7-2-3-14-5-8(7)17-9/h4,6,14H,2-3,5H2,1H3,(H,15,16,17)/t6-/m1/s1. The number of anilines is 1. The maximum absolute atomic E-state index is 12.3. The van der Waals surface area contributed by atoms with Gasteiger partial charge in [-0.1, -0.05) is 0 Å². The molecule has 0 aliphatic carbocycles. The zero-order valence-corrected chi connectivity index (χ0v) is 9.30. The predicted octanol–water partition coefficient (Wildman–Crippen LogP) is 1.48. The summed E-state index contributed by atoms with van der Waals surface area (Å²) < 4.78 is 37.0. The summed E-state index contributed by atoms with van der Waals surface area (Å²) in [4.78, 5) is 7.98. The minimum absolute atomic E-state index is 0.0253. The number of hydrogen-bond donors (Lipinski definition) is 2. The van der Waals surface area contributed by atoms with Gasteiger partial charge in [-0.25, -0.2) is 9.97 Å². The molecule has 2 heterocycles. The largest absolute Gasteiger partial charge is 0.408 e. The van der Waals surface area contributed by atoms with E-state index >= 15 is 0 Å². The first kappa shape index (κ1) is 12.1. The van der Waals surface area contributed by atoms with Gasteiger partial charge in [0.2, 0.25) is 5.95 Å². The highest BCUT2D eigenvalue weighted by Crippen LogP contribution is 2.22. The highest BCUT2D eigenvalue weighted by atomic mass is 19.4. The lowest BCUT2D eigenvalue weighted by Gasteiger charge is -2.19. The van der Waals surface area contributed by atoms with Gasteiger partial charge in [0.1, 0.15) is 6.04 Å². The van der Waals surface area contributed by atoms with E-state index in [0.717, 1.165) is 31.1 Å². The molecule has 2 N–H and O–H groups in total. The molecule has 0 saturated heterocycles. The third kappa shape index (κ3) is 2.85. The first-order valence-corrected chi connectivity index (χ1v) is 5.35. The van der Waals surface area contributed by atoms with Crippen LogP contribution in [0.4, 0.5) is 19.1 Å². The van der Waals surface area contributed by atoms with Crippen molar-refractivity contribution in [2.75, 3.05) is 11.9 Å². The van der Waals surface area contributed by atoms with Gasteiger partial charge < -0.3 is 10.6 Å². The van der Waals surface area contributed by atoms with Crippen LogP contribution >= 0.6 is 0 Å². The fraction of sp³-hybridized carbons (Fsp3) is 0.600. The number of alkyl halides is 3. The Morgan fingerprint density at radius 2 is 2.24 bits per heavy atom. The molecule has 1 aromatic rings. The van der Waals surface area contributed by atoms with Crippen molar-refractivity contribution in [3.8, 4) is 0 Å². The number of rotatable bonds is 2. The van der Waals surface area contributed by atoms with Crippen LogP contribution in [-0.4, -0.2) is 28.7 Å². The third-order valence-electron chi connectivity index (χ3n) is 2.65. The topological polar surface area (TPSA) is 49.8 Å². The van der Waals surface area contributed by atoms with Crippen molar-refractivity contribution in [1.82, 2.24) is 15.3 Å². The van der Waals surface area contributed by atoms with E-state index in [1.165, 1.54) is 0 Å². The lowest BCUT2D eigenvalue weighted by molar-refractivity contribution is -0.138. The predicted molar refractivity (Wildman–Crippen MR) is 56.6 cm³/mol. The van der Waals surface area contributed by atoms with Gasteiger partial charge in [-0.05, 0) is 25.5 Å². The van der Waals surface area contributed by atoms with Crippen LogP contribution in [0.15, 0.2) is 6.20 Å². The normalized spacial score (nSPS) is 17.4. The molecule has 1 aromatic heterocycles. The van der Waals surface area contributed by atoms with E-state index < -0.39 is 12.2 Å². The van der Waals surface area contributed by atoms with Crippen molar-refractivity contribution < 1.29 is 13.2 Å². The summed E-state index contributed by atoms with van der Waals surface area (Å²) in [6.07, 6.45) is -1.89. The summed E-state index contributed by atoms with van der Waals surface area (Å²) >= 11 is 0. The summed E-state index contributed by atoms with van der Waals surface area (Å²) in [5.41, 5.74) is 1.76. The summed E-state index contributed by atoms with van der Waals surface area (Å²) in [5, 5.41) is 5.37. The van der Waals surface area contributed by atoms with Gasteiger partial charge in [-0.3, -0.25) is 0 Å². The van der Waals surface area contributed by atoms with Crippen LogP contribution in [0.5, 0.6) is 0 Å². The van der Waals surface area contributed by atoms with E-state index in [1.807, 2.05) is 0 Å². The quantitative estimate of drug-likeness (QED) is 0.830. The molecule has 1 atom stereocenters. The van der Waals surface area contributed by atoms with Crippen LogP contribution in [0.1, 0.15) is 18.2 Å². The van der Waals surface area contributed by atoms with Crippen molar-refractivity contribution in [2.45, 2.75) is 32.1 Å². The lowest BCUT2D eigenvalue weighted by Crippen LogP contribution is -2.34. The molecule has 0 saturated carbocycles. The SMILES string of the molecule is C[C@@H](Nc1ncc2c(n1)CNCC2)C(F)(F)F. The maximum Gasteiger partial charge on any atom is 0.408 e. The first-order chi connectivity index (χ1) is 7.97. The second kappa shape index (κ2) is 4.48. The van der Waals surface area contributed by atoms with Crippen LogP contribution in [0, 0.1) is 0 Å². The first-order valence-electron chi connectivity index (χ1n) is 5.35. The Balaban J connectivity index is 2.12. The van der Waals surface area contributed by atoms with Gasteiger partial charge in [-0.15, -0.1) is 0 Å². The molecule has 0 amide bonds. The molecule has 0 spiro atoms. The van der Waals surface area contributed by atoms with Gasteiger partial charge in [0.25, 0.3) is 0 Å². The molecule has 0 fully saturated rings. The molecule has 0 unspecified atom stereocenters. The van der Waals surface area contributed by atoms with Gasteiger partial charge in [0, 0.05) is 12.7 Å². The molecule has 2 rings (SSSR count). The Hall–Kier alpha value is -1.37. The van der Waals surface area contributed by atoms with Crippen LogP contribution in [0.2, 0.25) is 0 Å². The number of halogens is 3. The second-order valence-corrected chi connectivity index (χ2v) is 4.00. The molecular weight excluding hydrogens is 233 g/mol. The summed E-state index contributed by atoms with van der Waals surface area (Å²) in [7, 11) is 0. The number of nitrogens with zero attached hydrogens (tertiary/aromatic N) is 2. The smallest absolute Gasteiger partial charge is 0.343 e. The maximum atomic E-state index is 12.3. The van der Waals surface area contributed by atoms with Crippen molar-refractivity contribution in [2.24, 2.45) is 0 Å². The average molecular weight is 246 g/mol. The highest BCUT2D eigenvalue weighted by Gasteiger charge is 2.36. The second-order valence-electron chi connectivity index (χ2n) is 4.00. The minimum atomic E-state index is -4.29.